The second kappa shape index (κ2) is 6.99. The molecule has 4 heteroatoms. The molecule has 3 nitrogen and oxygen atoms in total. The minimum Gasteiger partial charge on any atom is -0.394 e. The largest absolute Gasteiger partial charge is 0.394 e. The van der Waals surface area contributed by atoms with Crippen LogP contribution in [-0.4, -0.2) is 23.5 Å². The molecule has 0 aliphatic carbocycles. The normalized spacial score (nSPS) is 11.9. The van der Waals surface area contributed by atoms with Gasteiger partial charge in [-0.25, -0.2) is 0 Å². The molecular formula is C6H14ClNO2. The van der Waals surface area contributed by atoms with Gasteiger partial charge in [0.25, 0.3) is 0 Å². The van der Waals surface area contributed by atoms with E-state index in [2.05, 4.69) is 0 Å². The smallest absolute Gasteiger partial charge is 0.151 e. The van der Waals surface area contributed by atoms with Crippen LogP contribution in [0.4, 0.5) is 0 Å². The number of aliphatic hydroxyl groups excluding tert-OH is 1. The Hall–Kier alpha value is -0.120. The van der Waals surface area contributed by atoms with Crippen LogP contribution in [0.5, 0.6) is 0 Å². The molecule has 3 N–H and O–H groups in total. The van der Waals surface area contributed by atoms with Crippen LogP contribution in [0.15, 0.2) is 0 Å². The SMILES string of the molecule is CCCC(=O)[C@@H](N)CO.Cl. The van der Waals surface area contributed by atoms with Crippen molar-refractivity contribution in [2.45, 2.75) is 25.8 Å². The average Bonchev–Trinajstić information content (AvgIpc) is 1.87. The van der Waals surface area contributed by atoms with Gasteiger partial charge in [-0.1, -0.05) is 6.92 Å². The Morgan fingerprint density at radius 3 is 2.50 bits per heavy atom. The Morgan fingerprint density at radius 1 is 1.70 bits per heavy atom. The van der Waals surface area contributed by atoms with Gasteiger partial charge in [0.2, 0.25) is 0 Å². The third-order valence-electron chi connectivity index (χ3n) is 1.11. The monoisotopic (exact) mass is 167 g/mol. The molecule has 0 rings (SSSR count). The fraction of sp³-hybridized carbons (Fsp3) is 0.833. The summed E-state index contributed by atoms with van der Waals surface area (Å²) in [7, 11) is 0. The van der Waals surface area contributed by atoms with Gasteiger partial charge in [-0.05, 0) is 6.42 Å². The Morgan fingerprint density at radius 2 is 2.20 bits per heavy atom. The molecule has 10 heavy (non-hydrogen) atoms. The van der Waals surface area contributed by atoms with Crippen molar-refractivity contribution >= 4 is 18.2 Å². The van der Waals surface area contributed by atoms with Crippen molar-refractivity contribution in [3.8, 4) is 0 Å². The summed E-state index contributed by atoms with van der Waals surface area (Å²) in [5.41, 5.74) is 5.20. The van der Waals surface area contributed by atoms with Crippen molar-refractivity contribution in [1.29, 1.82) is 0 Å². The molecule has 0 heterocycles. The van der Waals surface area contributed by atoms with Gasteiger partial charge in [0.05, 0.1) is 12.6 Å². The van der Waals surface area contributed by atoms with Crippen LogP contribution in [0, 0.1) is 0 Å². The first-order chi connectivity index (χ1) is 4.22. The summed E-state index contributed by atoms with van der Waals surface area (Å²) >= 11 is 0. The van der Waals surface area contributed by atoms with Gasteiger partial charge in [0, 0.05) is 6.42 Å². The quantitative estimate of drug-likeness (QED) is 0.624. The number of nitrogens with two attached hydrogens (primary N) is 1. The van der Waals surface area contributed by atoms with Crippen LogP contribution in [0.25, 0.3) is 0 Å². The third-order valence-corrected chi connectivity index (χ3v) is 1.11. The maximum absolute atomic E-state index is 10.7. The summed E-state index contributed by atoms with van der Waals surface area (Å²) < 4.78 is 0. The molecule has 0 aliphatic heterocycles. The lowest BCUT2D eigenvalue weighted by atomic mass is 10.1. The Balaban J connectivity index is 0. The zero-order chi connectivity index (χ0) is 7.28. The summed E-state index contributed by atoms with van der Waals surface area (Å²) in [5.74, 6) is -0.0556. The van der Waals surface area contributed by atoms with Crippen molar-refractivity contribution in [2.24, 2.45) is 5.73 Å². The van der Waals surface area contributed by atoms with E-state index < -0.39 is 6.04 Å². The van der Waals surface area contributed by atoms with E-state index in [4.69, 9.17) is 10.8 Å². The van der Waals surface area contributed by atoms with E-state index in [9.17, 15) is 4.79 Å². The minimum atomic E-state index is -0.662. The molecule has 0 aromatic carbocycles. The van der Waals surface area contributed by atoms with E-state index in [0.717, 1.165) is 6.42 Å². The van der Waals surface area contributed by atoms with Crippen molar-refractivity contribution in [1.82, 2.24) is 0 Å². The van der Waals surface area contributed by atoms with Crippen molar-refractivity contribution in [3.05, 3.63) is 0 Å². The highest BCUT2D eigenvalue weighted by molar-refractivity contribution is 5.85. The standard InChI is InChI=1S/C6H13NO2.ClH/c1-2-3-6(9)5(7)4-8;/h5,8H,2-4,7H2,1H3;1H/t5-;/m0./s1. The van der Waals surface area contributed by atoms with E-state index in [0.29, 0.717) is 6.42 Å². The highest BCUT2D eigenvalue weighted by Crippen LogP contribution is 1.91. The number of carbonyl (C=O) groups excluding carboxylic acids is 1. The first-order valence-electron chi connectivity index (χ1n) is 3.11. The zero-order valence-electron chi connectivity index (χ0n) is 6.04. The predicted molar refractivity (Wildman–Crippen MR) is 42.2 cm³/mol. The molecule has 0 amide bonds. The fourth-order valence-electron chi connectivity index (χ4n) is 0.534. The van der Waals surface area contributed by atoms with Crippen LogP contribution >= 0.6 is 12.4 Å². The summed E-state index contributed by atoms with van der Waals surface area (Å²) in [5, 5.41) is 8.39. The first-order valence-corrected chi connectivity index (χ1v) is 3.11. The first kappa shape index (κ1) is 12.5. The molecule has 0 saturated carbocycles. The molecule has 0 aromatic rings. The van der Waals surface area contributed by atoms with E-state index in [1.165, 1.54) is 0 Å². The molecule has 0 fully saturated rings. The maximum Gasteiger partial charge on any atom is 0.151 e. The van der Waals surface area contributed by atoms with E-state index in [-0.39, 0.29) is 24.8 Å². The highest BCUT2D eigenvalue weighted by atomic mass is 35.5. The fourth-order valence-corrected chi connectivity index (χ4v) is 0.534. The molecule has 0 aromatic heterocycles. The zero-order valence-corrected chi connectivity index (χ0v) is 6.86. The van der Waals surface area contributed by atoms with Crippen LogP contribution in [0.3, 0.4) is 0 Å². The van der Waals surface area contributed by atoms with Gasteiger partial charge in [-0.2, -0.15) is 0 Å². The third kappa shape index (κ3) is 4.73. The maximum atomic E-state index is 10.7. The van der Waals surface area contributed by atoms with Crippen LogP contribution in [-0.2, 0) is 4.79 Å². The van der Waals surface area contributed by atoms with Crippen molar-refractivity contribution in [3.63, 3.8) is 0 Å². The topological polar surface area (TPSA) is 63.3 Å². The molecule has 0 radical (unpaired) electrons. The van der Waals surface area contributed by atoms with E-state index in [1.54, 1.807) is 0 Å². The second-order valence-electron chi connectivity index (χ2n) is 2.01. The molecule has 1 atom stereocenters. The lowest BCUT2D eigenvalue weighted by Crippen LogP contribution is -2.33. The number of ketones is 1. The average molecular weight is 168 g/mol. The van der Waals surface area contributed by atoms with Gasteiger partial charge < -0.3 is 10.8 Å². The molecule has 0 aliphatic rings. The number of rotatable bonds is 4. The van der Waals surface area contributed by atoms with E-state index in [1.807, 2.05) is 6.92 Å². The second-order valence-corrected chi connectivity index (χ2v) is 2.01. The summed E-state index contributed by atoms with van der Waals surface area (Å²) in [6, 6.07) is -0.662. The molecule has 62 valence electrons. The number of hydrogen-bond donors (Lipinski definition) is 2. The van der Waals surface area contributed by atoms with E-state index >= 15 is 0 Å². The summed E-state index contributed by atoms with van der Waals surface area (Å²) in [6.07, 6.45) is 1.27. The summed E-state index contributed by atoms with van der Waals surface area (Å²) in [4.78, 5) is 10.7. The Kier molecular flexibility index (Phi) is 8.77. The van der Waals surface area contributed by atoms with Crippen molar-refractivity contribution in [2.75, 3.05) is 6.61 Å². The van der Waals surface area contributed by atoms with Gasteiger partial charge in [-0.15, -0.1) is 12.4 Å². The highest BCUT2D eigenvalue weighted by Gasteiger charge is 2.09. The van der Waals surface area contributed by atoms with Crippen LogP contribution < -0.4 is 5.73 Å². The molecule has 0 spiro atoms. The van der Waals surface area contributed by atoms with Gasteiger partial charge in [0.15, 0.2) is 5.78 Å². The molecular weight excluding hydrogens is 154 g/mol. The number of hydrogen-bond acceptors (Lipinski definition) is 3. The number of halogens is 1. The number of aliphatic hydroxyl groups is 1. The number of carbonyl (C=O) groups is 1. The minimum absolute atomic E-state index is 0. The van der Waals surface area contributed by atoms with Crippen LogP contribution in [0.2, 0.25) is 0 Å². The lowest BCUT2D eigenvalue weighted by Gasteiger charge is -2.03. The van der Waals surface area contributed by atoms with Crippen molar-refractivity contribution < 1.29 is 9.90 Å². The molecule has 0 saturated heterocycles. The summed E-state index contributed by atoms with van der Waals surface area (Å²) in [6.45, 7) is 1.67. The predicted octanol–water partition coefficient (Wildman–Crippen LogP) is 0.0970. The van der Waals surface area contributed by atoms with Gasteiger partial charge >= 0.3 is 0 Å². The van der Waals surface area contributed by atoms with Crippen LogP contribution in [0.1, 0.15) is 19.8 Å². The molecule has 0 bridgehead atoms. The Bertz CT molecular complexity index is 97.7. The van der Waals surface area contributed by atoms with Gasteiger partial charge in [-0.3, -0.25) is 4.79 Å². The Labute approximate surface area is 67.0 Å². The van der Waals surface area contributed by atoms with Gasteiger partial charge in [0.1, 0.15) is 0 Å². The number of Topliss-reactive ketones (excluding diaryl/α,β-unsaturated/α-hetero) is 1. The lowest BCUT2D eigenvalue weighted by molar-refractivity contribution is -0.121. The molecule has 0 unspecified atom stereocenters.